The minimum atomic E-state index is -0.796. The molecule has 0 aromatic heterocycles. The number of likely N-dealkylation sites (N-methyl/N-ethyl adjacent to an activating group) is 1. The number of anilines is 2. The maximum atomic E-state index is 12.4. The van der Waals surface area contributed by atoms with Gasteiger partial charge in [-0.3, -0.25) is 9.59 Å². The zero-order valence-corrected chi connectivity index (χ0v) is 16.5. The maximum Gasteiger partial charge on any atom is 0.267 e. The lowest BCUT2D eigenvalue weighted by Crippen LogP contribution is -2.42. The number of hydrogen-bond acceptors (Lipinski definition) is 4. The topological polar surface area (TPSA) is 67.9 Å². The van der Waals surface area contributed by atoms with Crippen LogP contribution in [0.2, 0.25) is 10.0 Å². The van der Waals surface area contributed by atoms with E-state index in [1.807, 2.05) is 0 Å². The van der Waals surface area contributed by atoms with Crippen LogP contribution in [0.15, 0.2) is 36.4 Å². The van der Waals surface area contributed by atoms with Crippen LogP contribution in [0.1, 0.15) is 13.8 Å². The Balaban J connectivity index is 1.71. The number of carbonyl (C=O) groups is 2. The summed E-state index contributed by atoms with van der Waals surface area (Å²) in [6, 6.07) is 9.87. The maximum absolute atomic E-state index is 12.4. The van der Waals surface area contributed by atoms with Crippen molar-refractivity contribution in [2.45, 2.75) is 26.1 Å². The summed E-state index contributed by atoms with van der Waals surface area (Å²) in [6.07, 6.45) is -1.34. The van der Waals surface area contributed by atoms with Crippen LogP contribution in [-0.2, 0) is 9.59 Å². The normalized spacial score (nSPS) is 17.0. The molecule has 2 aromatic carbocycles. The fourth-order valence-electron chi connectivity index (χ4n) is 2.65. The molecule has 1 N–H and O–H groups in total. The van der Waals surface area contributed by atoms with E-state index in [9.17, 15) is 9.59 Å². The summed E-state index contributed by atoms with van der Waals surface area (Å²) in [7, 11) is 1.67. The van der Waals surface area contributed by atoms with Crippen molar-refractivity contribution in [3.8, 4) is 11.5 Å². The number of fused-ring (bicyclic) bond motifs is 1. The van der Waals surface area contributed by atoms with Gasteiger partial charge in [0.2, 0.25) is 0 Å². The van der Waals surface area contributed by atoms with Gasteiger partial charge in [-0.2, -0.15) is 0 Å². The Kier molecular flexibility index (Phi) is 5.48. The molecule has 0 aliphatic carbocycles. The Morgan fingerprint density at radius 1 is 1.26 bits per heavy atom. The van der Waals surface area contributed by atoms with Crippen molar-refractivity contribution in [3.63, 3.8) is 0 Å². The van der Waals surface area contributed by atoms with Gasteiger partial charge in [-0.15, -0.1) is 0 Å². The molecule has 27 heavy (non-hydrogen) atoms. The third kappa shape index (κ3) is 4.12. The first-order chi connectivity index (χ1) is 12.8. The smallest absolute Gasteiger partial charge is 0.267 e. The molecule has 6 nitrogen and oxygen atoms in total. The second-order valence-corrected chi connectivity index (χ2v) is 7.01. The quantitative estimate of drug-likeness (QED) is 0.824. The molecule has 2 unspecified atom stereocenters. The number of hydrogen-bond donors (Lipinski definition) is 1. The highest BCUT2D eigenvalue weighted by molar-refractivity contribution is 6.35. The van der Waals surface area contributed by atoms with Crippen LogP contribution in [0.5, 0.6) is 11.5 Å². The van der Waals surface area contributed by atoms with E-state index in [0.29, 0.717) is 32.9 Å². The third-order valence-electron chi connectivity index (χ3n) is 4.14. The molecular weight excluding hydrogens is 391 g/mol. The summed E-state index contributed by atoms with van der Waals surface area (Å²) >= 11 is 11.9. The lowest BCUT2D eigenvalue weighted by Gasteiger charge is -2.30. The fraction of sp³-hybridized carbons (Fsp3) is 0.263. The van der Waals surface area contributed by atoms with Crippen molar-refractivity contribution in [2.75, 3.05) is 17.3 Å². The second-order valence-electron chi connectivity index (χ2n) is 6.16. The molecule has 0 saturated heterocycles. The Bertz CT molecular complexity index is 903. The Labute approximate surface area is 167 Å². The minimum absolute atomic E-state index is 0.153. The summed E-state index contributed by atoms with van der Waals surface area (Å²) in [5.74, 6) is 0.432. The number of rotatable bonds is 4. The highest BCUT2D eigenvalue weighted by atomic mass is 35.5. The molecule has 0 saturated carbocycles. The third-order valence-corrected chi connectivity index (χ3v) is 4.67. The van der Waals surface area contributed by atoms with E-state index in [-0.39, 0.29) is 11.8 Å². The van der Waals surface area contributed by atoms with E-state index in [4.69, 9.17) is 32.7 Å². The van der Waals surface area contributed by atoms with Crippen molar-refractivity contribution < 1.29 is 19.1 Å². The summed E-state index contributed by atoms with van der Waals surface area (Å²) < 4.78 is 11.2. The molecule has 3 rings (SSSR count). The van der Waals surface area contributed by atoms with E-state index < -0.39 is 12.2 Å². The first kappa shape index (κ1) is 19.3. The molecule has 0 fully saturated rings. The van der Waals surface area contributed by atoms with E-state index in [1.54, 1.807) is 57.3 Å². The molecule has 8 heteroatoms. The van der Waals surface area contributed by atoms with E-state index in [2.05, 4.69) is 5.32 Å². The van der Waals surface area contributed by atoms with Gasteiger partial charge in [0, 0.05) is 17.8 Å². The van der Waals surface area contributed by atoms with Gasteiger partial charge in [0.1, 0.15) is 11.5 Å². The molecule has 1 aliphatic heterocycles. The van der Waals surface area contributed by atoms with Gasteiger partial charge in [-0.1, -0.05) is 23.2 Å². The summed E-state index contributed by atoms with van der Waals surface area (Å²) in [5, 5.41) is 3.56. The second kappa shape index (κ2) is 7.66. The Morgan fingerprint density at radius 2 is 2.00 bits per heavy atom. The SMILES string of the molecule is CC(Oc1ccc(Cl)cc1Cl)C(=O)Nc1ccc2c(c1)N(C)C(=O)C(C)O2. The fourth-order valence-corrected chi connectivity index (χ4v) is 3.10. The number of carbonyl (C=O) groups excluding carboxylic acids is 2. The lowest BCUT2D eigenvalue weighted by atomic mass is 10.2. The van der Waals surface area contributed by atoms with Gasteiger partial charge in [-0.05, 0) is 50.2 Å². The van der Waals surface area contributed by atoms with Crippen molar-refractivity contribution in [1.82, 2.24) is 0 Å². The predicted molar refractivity (Wildman–Crippen MR) is 105 cm³/mol. The molecule has 142 valence electrons. The van der Waals surface area contributed by atoms with Crippen LogP contribution < -0.4 is 19.7 Å². The van der Waals surface area contributed by atoms with Crippen LogP contribution in [0.4, 0.5) is 11.4 Å². The Morgan fingerprint density at radius 3 is 2.70 bits per heavy atom. The largest absolute Gasteiger partial charge is 0.479 e. The van der Waals surface area contributed by atoms with Crippen molar-refractivity contribution in [1.29, 1.82) is 0 Å². The molecule has 0 radical (unpaired) electrons. The number of nitrogens with zero attached hydrogens (tertiary/aromatic N) is 1. The highest BCUT2D eigenvalue weighted by Gasteiger charge is 2.29. The summed E-state index contributed by atoms with van der Waals surface area (Å²) in [5.41, 5.74) is 1.11. The average Bonchev–Trinajstić information content (AvgIpc) is 2.62. The zero-order valence-electron chi connectivity index (χ0n) is 15.0. The van der Waals surface area contributed by atoms with Crippen molar-refractivity contribution in [2.24, 2.45) is 0 Å². The molecule has 2 aromatic rings. The number of amides is 2. The molecule has 1 heterocycles. The van der Waals surface area contributed by atoms with Gasteiger partial charge < -0.3 is 19.7 Å². The standard InChI is InChI=1S/C19H18Cl2N2O4/c1-10(26-16-6-4-12(20)8-14(16)21)18(24)22-13-5-7-17-15(9-13)23(3)19(25)11(2)27-17/h4-11H,1-3H3,(H,22,24). The number of halogens is 2. The number of benzene rings is 2. The highest BCUT2D eigenvalue weighted by Crippen LogP contribution is 2.35. The molecule has 0 bridgehead atoms. The zero-order chi connectivity index (χ0) is 19.7. The molecule has 0 spiro atoms. The van der Waals surface area contributed by atoms with E-state index in [0.717, 1.165) is 0 Å². The van der Waals surface area contributed by atoms with Crippen molar-refractivity contribution >= 4 is 46.4 Å². The first-order valence-corrected chi connectivity index (χ1v) is 9.02. The van der Waals surface area contributed by atoms with Crippen LogP contribution >= 0.6 is 23.2 Å². The van der Waals surface area contributed by atoms with E-state index in [1.165, 1.54) is 4.90 Å². The Hall–Kier alpha value is -2.44. The first-order valence-electron chi connectivity index (χ1n) is 8.27. The molecule has 2 atom stereocenters. The molecule has 2 amide bonds. The summed E-state index contributed by atoms with van der Waals surface area (Å²) in [4.78, 5) is 26.0. The number of nitrogens with one attached hydrogen (secondary N) is 1. The predicted octanol–water partition coefficient (Wildman–Crippen LogP) is 4.14. The lowest BCUT2D eigenvalue weighted by molar-refractivity contribution is -0.125. The van der Waals surface area contributed by atoms with Gasteiger partial charge in [0.15, 0.2) is 12.2 Å². The molecular formula is C19H18Cl2N2O4. The monoisotopic (exact) mass is 408 g/mol. The van der Waals surface area contributed by atoms with Crippen LogP contribution in [0.25, 0.3) is 0 Å². The van der Waals surface area contributed by atoms with Gasteiger partial charge >= 0.3 is 0 Å². The summed E-state index contributed by atoms with van der Waals surface area (Å²) in [6.45, 7) is 3.30. The van der Waals surface area contributed by atoms with Gasteiger partial charge in [0.25, 0.3) is 11.8 Å². The van der Waals surface area contributed by atoms with Gasteiger partial charge in [0.05, 0.1) is 10.7 Å². The minimum Gasteiger partial charge on any atom is -0.479 e. The average molecular weight is 409 g/mol. The number of ether oxygens (including phenoxy) is 2. The van der Waals surface area contributed by atoms with Gasteiger partial charge in [-0.25, -0.2) is 0 Å². The molecule has 1 aliphatic rings. The van der Waals surface area contributed by atoms with Crippen LogP contribution in [0.3, 0.4) is 0 Å². The van der Waals surface area contributed by atoms with Crippen molar-refractivity contribution in [3.05, 3.63) is 46.4 Å². The van der Waals surface area contributed by atoms with Crippen LogP contribution in [-0.4, -0.2) is 31.1 Å². The van der Waals surface area contributed by atoms with Crippen LogP contribution in [0, 0.1) is 0 Å². The van der Waals surface area contributed by atoms with E-state index >= 15 is 0 Å².